The van der Waals surface area contributed by atoms with E-state index in [1.165, 1.54) is 0 Å². The Kier molecular flexibility index (Phi) is 3.67. The Hall–Kier alpha value is -0.290. The zero-order valence-corrected chi connectivity index (χ0v) is 11.3. The highest BCUT2D eigenvalue weighted by Crippen LogP contribution is 2.50. The molecule has 1 heterocycles. The minimum atomic E-state index is -4.08. The molecular formula is C13H23F3N2. The van der Waals surface area contributed by atoms with Crippen molar-refractivity contribution >= 4 is 0 Å². The van der Waals surface area contributed by atoms with E-state index in [2.05, 4.69) is 10.2 Å². The van der Waals surface area contributed by atoms with Crippen molar-refractivity contribution in [3.63, 3.8) is 0 Å². The molecule has 2 fully saturated rings. The Labute approximate surface area is 107 Å². The van der Waals surface area contributed by atoms with Gasteiger partial charge in [-0.25, -0.2) is 0 Å². The molecule has 0 aromatic heterocycles. The Balaban J connectivity index is 2.06. The molecule has 0 bridgehead atoms. The molecule has 18 heavy (non-hydrogen) atoms. The fourth-order valence-corrected chi connectivity index (χ4v) is 3.73. The number of hydrogen-bond acceptors (Lipinski definition) is 2. The first kappa shape index (κ1) is 14.1. The van der Waals surface area contributed by atoms with Crippen LogP contribution >= 0.6 is 0 Å². The molecule has 106 valence electrons. The van der Waals surface area contributed by atoms with Gasteiger partial charge in [0.05, 0.1) is 5.92 Å². The van der Waals surface area contributed by atoms with Gasteiger partial charge in [0.1, 0.15) is 0 Å². The molecule has 2 atom stereocenters. The molecule has 2 aliphatic rings. The lowest BCUT2D eigenvalue weighted by Gasteiger charge is -2.55. The van der Waals surface area contributed by atoms with Crippen LogP contribution < -0.4 is 5.32 Å². The zero-order chi connectivity index (χ0) is 13.6. The van der Waals surface area contributed by atoms with Gasteiger partial charge in [-0.15, -0.1) is 0 Å². The maximum absolute atomic E-state index is 13.2. The fourth-order valence-electron chi connectivity index (χ4n) is 3.73. The van der Waals surface area contributed by atoms with Crippen LogP contribution in [0.2, 0.25) is 0 Å². The van der Waals surface area contributed by atoms with Gasteiger partial charge < -0.3 is 10.2 Å². The summed E-state index contributed by atoms with van der Waals surface area (Å²) in [6, 6.07) is -0.292. The van der Waals surface area contributed by atoms with Crippen LogP contribution in [0.4, 0.5) is 13.2 Å². The van der Waals surface area contributed by atoms with E-state index < -0.39 is 18.1 Å². The first-order valence-corrected chi connectivity index (χ1v) is 6.73. The van der Waals surface area contributed by atoms with E-state index in [1.807, 2.05) is 20.9 Å². The maximum atomic E-state index is 13.2. The summed E-state index contributed by atoms with van der Waals surface area (Å²) in [4.78, 5) is 2.11. The number of rotatable bonds is 2. The largest absolute Gasteiger partial charge is 0.393 e. The predicted octanol–water partition coefficient (Wildman–Crippen LogP) is 2.65. The summed E-state index contributed by atoms with van der Waals surface area (Å²) in [7, 11) is 1.98. The first-order chi connectivity index (χ1) is 8.22. The van der Waals surface area contributed by atoms with Gasteiger partial charge in [0, 0.05) is 25.2 Å². The molecule has 2 nitrogen and oxygen atoms in total. The number of halogens is 3. The molecule has 0 unspecified atom stereocenters. The van der Waals surface area contributed by atoms with Crippen molar-refractivity contribution in [2.45, 2.75) is 51.4 Å². The van der Waals surface area contributed by atoms with Crippen molar-refractivity contribution in [1.82, 2.24) is 10.2 Å². The van der Waals surface area contributed by atoms with E-state index in [-0.39, 0.29) is 11.5 Å². The number of nitrogens with one attached hydrogen (secondary N) is 1. The average molecular weight is 264 g/mol. The van der Waals surface area contributed by atoms with Gasteiger partial charge in [-0.05, 0) is 31.7 Å². The quantitative estimate of drug-likeness (QED) is 0.825. The molecule has 0 aromatic carbocycles. The van der Waals surface area contributed by atoms with Crippen LogP contribution in [0.1, 0.15) is 33.1 Å². The Bertz CT molecular complexity index is 295. The lowest BCUT2D eigenvalue weighted by atomic mass is 9.63. The third kappa shape index (κ3) is 2.82. The van der Waals surface area contributed by atoms with E-state index in [0.29, 0.717) is 12.8 Å². The number of likely N-dealkylation sites (tertiary alicyclic amines) is 1. The lowest BCUT2D eigenvalue weighted by Crippen LogP contribution is -2.61. The highest BCUT2D eigenvalue weighted by Gasteiger charge is 2.55. The van der Waals surface area contributed by atoms with E-state index in [1.54, 1.807) is 0 Å². The van der Waals surface area contributed by atoms with Gasteiger partial charge in [-0.3, -0.25) is 0 Å². The van der Waals surface area contributed by atoms with Gasteiger partial charge in [0.25, 0.3) is 0 Å². The van der Waals surface area contributed by atoms with E-state index in [4.69, 9.17) is 0 Å². The summed E-state index contributed by atoms with van der Waals surface area (Å²) in [6.45, 7) is 5.48. The van der Waals surface area contributed by atoms with Gasteiger partial charge in [0.15, 0.2) is 0 Å². The van der Waals surface area contributed by atoms with Crippen molar-refractivity contribution < 1.29 is 13.2 Å². The highest BCUT2D eigenvalue weighted by atomic mass is 19.4. The second-order valence-electron chi connectivity index (χ2n) is 6.49. The van der Waals surface area contributed by atoms with Gasteiger partial charge in [-0.1, -0.05) is 13.8 Å². The van der Waals surface area contributed by atoms with E-state index in [0.717, 1.165) is 19.5 Å². The molecular weight excluding hydrogens is 241 g/mol. The molecule has 1 aliphatic carbocycles. The van der Waals surface area contributed by atoms with Crippen LogP contribution in [-0.2, 0) is 0 Å². The minimum absolute atomic E-state index is 0.0654. The fraction of sp³-hybridized carbons (Fsp3) is 1.00. The standard InChI is InChI=1S/C13H23F3N2/c1-9(2)17-11-4-5-12(7-18(3)8-12)6-10(11)13(14,15)16/h9-11,17H,4-8H2,1-3H3/t10-,11-/m0/s1. The van der Waals surface area contributed by atoms with Crippen LogP contribution in [0.25, 0.3) is 0 Å². The van der Waals surface area contributed by atoms with Gasteiger partial charge >= 0.3 is 6.18 Å². The minimum Gasteiger partial charge on any atom is -0.311 e. The monoisotopic (exact) mass is 264 g/mol. The Morgan fingerprint density at radius 2 is 1.89 bits per heavy atom. The molecule has 0 aromatic rings. The SMILES string of the molecule is CC(C)N[C@H]1CCC2(C[C@@H]1C(F)(F)F)CN(C)C2. The summed E-state index contributed by atoms with van der Waals surface area (Å²) >= 11 is 0. The Morgan fingerprint density at radius 1 is 1.28 bits per heavy atom. The van der Waals surface area contributed by atoms with Crippen molar-refractivity contribution in [3.8, 4) is 0 Å². The summed E-state index contributed by atoms with van der Waals surface area (Å²) < 4.78 is 39.6. The highest BCUT2D eigenvalue weighted by molar-refractivity contribution is 5.02. The van der Waals surface area contributed by atoms with Crippen LogP contribution in [-0.4, -0.2) is 43.3 Å². The van der Waals surface area contributed by atoms with E-state index in [9.17, 15) is 13.2 Å². The number of alkyl halides is 3. The smallest absolute Gasteiger partial charge is 0.311 e. The third-order valence-corrected chi connectivity index (χ3v) is 4.30. The van der Waals surface area contributed by atoms with Crippen molar-refractivity contribution in [2.75, 3.05) is 20.1 Å². The summed E-state index contributed by atoms with van der Waals surface area (Å²) in [5, 5.41) is 3.10. The third-order valence-electron chi connectivity index (χ3n) is 4.30. The molecule has 0 radical (unpaired) electrons. The topological polar surface area (TPSA) is 15.3 Å². The lowest BCUT2D eigenvalue weighted by molar-refractivity contribution is -0.209. The Morgan fingerprint density at radius 3 is 2.33 bits per heavy atom. The van der Waals surface area contributed by atoms with Crippen LogP contribution in [0, 0.1) is 11.3 Å². The predicted molar refractivity (Wildman–Crippen MR) is 65.4 cm³/mol. The second-order valence-corrected chi connectivity index (χ2v) is 6.49. The molecule has 1 saturated carbocycles. The van der Waals surface area contributed by atoms with Gasteiger partial charge in [0.2, 0.25) is 0 Å². The van der Waals surface area contributed by atoms with Crippen LogP contribution in [0.3, 0.4) is 0 Å². The van der Waals surface area contributed by atoms with Gasteiger partial charge in [-0.2, -0.15) is 13.2 Å². The molecule has 2 rings (SSSR count). The maximum Gasteiger partial charge on any atom is 0.393 e. The molecule has 1 aliphatic heterocycles. The normalized spacial score (nSPS) is 32.8. The molecule has 0 amide bonds. The molecule has 1 saturated heterocycles. The number of nitrogens with zero attached hydrogens (tertiary/aromatic N) is 1. The van der Waals surface area contributed by atoms with E-state index >= 15 is 0 Å². The average Bonchev–Trinajstić information content (AvgIpc) is 2.16. The van der Waals surface area contributed by atoms with Crippen LogP contribution in [0.5, 0.6) is 0 Å². The summed E-state index contributed by atoms with van der Waals surface area (Å²) in [5.41, 5.74) is -0.0654. The van der Waals surface area contributed by atoms with Crippen molar-refractivity contribution in [3.05, 3.63) is 0 Å². The second kappa shape index (κ2) is 4.67. The van der Waals surface area contributed by atoms with Crippen molar-refractivity contribution in [2.24, 2.45) is 11.3 Å². The summed E-state index contributed by atoms with van der Waals surface area (Å²) in [5.74, 6) is -1.18. The molecule has 1 spiro atoms. The van der Waals surface area contributed by atoms with Crippen LogP contribution in [0.15, 0.2) is 0 Å². The molecule has 5 heteroatoms. The molecule has 1 N–H and O–H groups in total. The van der Waals surface area contributed by atoms with Crippen molar-refractivity contribution in [1.29, 1.82) is 0 Å². The summed E-state index contributed by atoms with van der Waals surface area (Å²) in [6.07, 6.45) is -2.20. The number of hydrogen-bond donors (Lipinski definition) is 1. The zero-order valence-electron chi connectivity index (χ0n) is 11.3. The first-order valence-electron chi connectivity index (χ1n) is 6.73.